The molecule has 9 heteroatoms. The van der Waals surface area contributed by atoms with Crippen molar-refractivity contribution >= 4 is 32.4 Å². The molecular formula is C21H30N6O2S. The molecule has 1 aliphatic rings. The number of aromatic nitrogens is 3. The molecular weight excluding hydrogens is 400 g/mol. The molecule has 0 saturated heterocycles. The first-order valence-electron chi connectivity index (χ1n) is 10.2. The third-order valence-corrected chi connectivity index (χ3v) is 6.87. The molecule has 3 aromatic rings. The van der Waals surface area contributed by atoms with E-state index in [1.807, 2.05) is 19.2 Å². The molecule has 0 unspecified atom stereocenters. The molecule has 3 N–H and O–H groups in total. The van der Waals surface area contributed by atoms with Crippen LogP contribution >= 0.6 is 0 Å². The van der Waals surface area contributed by atoms with E-state index in [9.17, 15) is 8.42 Å². The zero-order chi connectivity index (χ0) is 21.7. The van der Waals surface area contributed by atoms with E-state index in [1.165, 1.54) is 32.5 Å². The Kier molecular flexibility index (Phi) is 6.94. The summed E-state index contributed by atoms with van der Waals surface area (Å²) in [5.41, 5.74) is 5.74. The molecule has 1 aromatic carbocycles. The second-order valence-corrected chi connectivity index (χ2v) is 9.05. The first kappa shape index (κ1) is 22.0. The smallest absolute Gasteiger partial charge is 0.263 e. The van der Waals surface area contributed by atoms with Gasteiger partial charge in [-0.25, -0.2) is 13.4 Å². The van der Waals surface area contributed by atoms with E-state index < -0.39 is 10.0 Å². The van der Waals surface area contributed by atoms with Crippen molar-refractivity contribution in [3.8, 4) is 0 Å². The van der Waals surface area contributed by atoms with Crippen molar-refractivity contribution in [1.29, 1.82) is 0 Å². The second-order valence-electron chi connectivity index (χ2n) is 7.37. The largest absolute Gasteiger partial charge is 0.357 e. The summed E-state index contributed by atoms with van der Waals surface area (Å²) in [6.45, 7) is 0. The SMILES string of the molecule is CN.CN(c1ccc(S(=O)(=O)Nc2cccc3cnn(C)c23)cn1)C1CCCCC1. The van der Waals surface area contributed by atoms with Crippen LogP contribution in [0, 0.1) is 0 Å². The normalized spacial score (nSPS) is 14.8. The Morgan fingerprint density at radius 3 is 2.50 bits per heavy atom. The topological polar surface area (TPSA) is 106 Å². The van der Waals surface area contributed by atoms with Gasteiger partial charge in [0.25, 0.3) is 10.0 Å². The molecule has 4 rings (SSSR count). The van der Waals surface area contributed by atoms with E-state index in [0.717, 1.165) is 29.6 Å². The van der Waals surface area contributed by atoms with Gasteiger partial charge in [-0.1, -0.05) is 31.4 Å². The van der Waals surface area contributed by atoms with Crippen molar-refractivity contribution < 1.29 is 8.42 Å². The number of benzene rings is 1. The van der Waals surface area contributed by atoms with Gasteiger partial charge >= 0.3 is 0 Å². The molecule has 162 valence electrons. The number of anilines is 2. The van der Waals surface area contributed by atoms with Crippen molar-refractivity contribution in [1.82, 2.24) is 14.8 Å². The summed E-state index contributed by atoms with van der Waals surface area (Å²) in [7, 11) is 1.59. The predicted molar refractivity (Wildman–Crippen MR) is 121 cm³/mol. The molecule has 0 bridgehead atoms. The minimum atomic E-state index is -3.74. The van der Waals surface area contributed by atoms with Crippen molar-refractivity contribution in [2.75, 3.05) is 23.7 Å². The van der Waals surface area contributed by atoms with Crippen LogP contribution in [0.1, 0.15) is 32.1 Å². The maximum absolute atomic E-state index is 12.9. The van der Waals surface area contributed by atoms with Crippen molar-refractivity contribution in [3.63, 3.8) is 0 Å². The Balaban J connectivity index is 0.00000124. The standard InChI is InChI=1S/C20H25N5O2S.CH5N/c1-24(16-8-4-3-5-9-16)19-12-11-17(14-21-19)28(26,27)23-18-10-6-7-15-13-22-25(2)20(15)18;1-2/h6-7,10-14,16,23H,3-5,8-9H2,1-2H3;2H2,1H3. The second kappa shape index (κ2) is 9.44. The van der Waals surface area contributed by atoms with E-state index in [0.29, 0.717) is 11.7 Å². The number of nitrogens with zero attached hydrogens (tertiary/aromatic N) is 4. The van der Waals surface area contributed by atoms with Gasteiger partial charge in [0.05, 0.1) is 17.4 Å². The average Bonchev–Trinajstić information content (AvgIpc) is 3.17. The lowest BCUT2D eigenvalue weighted by Crippen LogP contribution is -2.33. The fourth-order valence-electron chi connectivity index (χ4n) is 3.91. The van der Waals surface area contributed by atoms with Crippen molar-refractivity contribution in [2.24, 2.45) is 12.8 Å². The van der Waals surface area contributed by atoms with E-state index in [-0.39, 0.29) is 4.90 Å². The molecule has 2 heterocycles. The highest BCUT2D eigenvalue weighted by Gasteiger charge is 2.21. The Hall–Kier alpha value is -2.65. The molecule has 0 spiro atoms. The summed E-state index contributed by atoms with van der Waals surface area (Å²) in [5, 5.41) is 5.08. The molecule has 30 heavy (non-hydrogen) atoms. The molecule has 8 nitrogen and oxygen atoms in total. The first-order valence-corrected chi connectivity index (χ1v) is 11.6. The summed E-state index contributed by atoms with van der Waals surface area (Å²) in [4.78, 5) is 6.73. The fraction of sp³-hybridized carbons (Fsp3) is 0.429. The summed E-state index contributed by atoms with van der Waals surface area (Å²) in [5.74, 6) is 0.805. The number of para-hydroxylation sites is 1. The highest BCUT2D eigenvalue weighted by Crippen LogP contribution is 2.27. The van der Waals surface area contributed by atoms with E-state index in [1.54, 1.807) is 36.1 Å². The summed E-state index contributed by atoms with van der Waals surface area (Å²) < 4.78 is 30.1. The molecule has 0 amide bonds. The summed E-state index contributed by atoms with van der Waals surface area (Å²) in [6, 6.07) is 9.32. The van der Waals surface area contributed by atoms with Crippen LogP contribution in [0.25, 0.3) is 10.9 Å². The third kappa shape index (κ3) is 4.57. The van der Waals surface area contributed by atoms with Crippen LogP contribution in [0.2, 0.25) is 0 Å². The summed E-state index contributed by atoms with van der Waals surface area (Å²) >= 11 is 0. The van der Waals surface area contributed by atoms with Gasteiger partial charge in [-0.3, -0.25) is 9.40 Å². The fourth-order valence-corrected chi connectivity index (χ4v) is 4.93. The zero-order valence-electron chi connectivity index (χ0n) is 17.7. The predicted octanol–water partition coefficient (Wildman–Crippen LogP) is 3.11. The maximum Gasteiger partial charge on any atom is 0.263 e. The van der Waals surface area contributed by atoms with E-state index in [2.05, 4.69) is 25.4 Å². The van der Waals surface area contributed by atoms with Gasteiger partial charge in [-0.2, -0.15) is 5.10 Å². The maximum atomic E-state index is 12.9. The molecule has 2 aromatic heterocycles. The minimum Gasteiger partial charge on any atom is -0.357 e. The average molecular weight is 431 g/mol. The molecule has 1 aliphatic carbocycles. The summed E-state index contributed by atoms with van der Waals surface area (Å²) in [6.07, 6.45) is 9.24. The van der Waals surface area contributed by atoms with Crippen LogP contribution in [-0.2, 0) is 17.1 Å². The van der Waals surface area contributed by atoms with Gasteiger partial charge < -0.3 is 10.6 Å². The van der Waals surface area contributed by atoms with E-state index in [4.69, 9.17) is 0 Å². The minimum absolute atomic E-state index is 0.146. The molecule has 0 aliphatic heterocycles. The van der Waals surface area contributed by atoms with E-state index >= 15 is 0 Å². The molecule has 0 radical (unpaired) electrons. The number of fused-ring (bicyclic) bond motifs is 1. The van der Waals surface area contributed by atoms with Gasteiger partial charge in [-0.15, -0.1) is 0 Å². The van der Waals surface area contributed by atoms with Gasteiger partial charge in [0.15, 0.2) is 0 Å². The van der Waals surface area contributed by atoms with Crippen LogP contribution < -0.4 is 15.4 Å². The molecule has 0 atom stereocenters. The number of nitrogens with one attached hydrogen (secondary N) is 1. The number of pyridine rings is 1. The Morgan fingerprint density at radius 2 is 1.83 bits per heavy atom. The van der Waals surface area contributed by atoms with Crippen molar-refractivity contribution in [2.45, 2.75) is 43.0 Å². The first-order chi connectivity index (χ1) is 14.5. The number of aryl methyl sites for hydroxylation is 1. The Bertz CT molecular complexity index is 1070. The lowest BCUT2D eigenvalue weighted by molar-refractivity contribution is 0.426. The van der Waals surface area contributed by atoms with Crippen LogP contribution in [0.5, 0.6) is 0 Å². The highest BCUT2D eigenvalue weighted by molar-refractivity contribution is 7.92. The quantitative estimate of drug-likeness (QED) is 0.644. The van der Waals surface area contributed by atoms with Gasteiger partial charge in [0.1, 0.15) is 10.7 Å². The number of nitrogens with two attached hydrogens (primary N) is 1. The van der Waals surface area contributed by atoms with Crippen LogP contribution in [0.3, 0.4) is 0 Å². The number of sulfonamides is 1. The number of rotatable bonds is 5. The molecule has 1 saturated carbocycles. The number of hydrogen-bond acceptors (Lipinski definition) is 6. The Labute approximate surface area is 178 Å². The lowest BCUT2D eigenvalue weighted by atomic mass is 9.94. The van der Waals surface area contributed by atoms with Gasteiger partial charge in [-0.05, 0) is 38.1 Å². The molecule has 1 fully saturated rings. The van der Waals surface area contributed by atoms with Gasteiger partial charge in [0, 0.05) is 31.7 Å². The Morgan fingerprint density at radius 1 is 1.10 bits per heavy atom. The zero-order valence-corrected chi connectivity index (χ0v) is 18.6. The highest BCUT2D eigenvalue weighted by atomic mass is 32.2. The monoisotopic (exact) mass is 430 g/mol. The lowest BCUT2D eigenvalue weighted by Gasteiger charge is -2.32. The van der Waals surface area contributed by atoms with Crippen LogP contribution in [-0.4, -0.2) is 43.3 Å². The van der Waals surface area contributed by atoms with Crippen LogP contribution in [0.15, 0.2) is 47.6 Å². The van der Waals surface area contributed by atoms with Crippen LogP contribution in [0.4, 0.5) is 11.5 Å². The van der Waals surface area contributed by atoms with Gasteiger partial charge in [0.2, 0.25) is 0 Å². The van der Waals surface area contributed by atoms with Crippen molar-refractivity contribution in [3.05, 3.63) is 42.7 Å². The third-order valence-electron chi connectivity index (χ3n) is 5.52. The number of hydrogen-bond donors (Lipinski definition) is 2.